The number of fused-ring (bicyclic) bond motifs is 1. The lowest BCUT2D eigenvalue weighted by Gasteiger charge is -2.18. The van der Waals surface area contributed by atoms with Gasteiger partial charge in [0.1, 0.15) is 36.3 Å². The van der Waals surface area contributed by atoms with Crippen molar-refractivity contribution < 1.29 is 43.3 Å². The summed E-state index contributed by atoms with van der Waals surface area (Å²) in [6, 6.07) is 1.98. The van der Waals surface area contributed by atoms with E-state index in [1.54, 1.807) is 6.07 Å². The van der Waals surface area contributed by atoms with Gasteiger partial charge in [-0.25, -0.2) is 9.97 Å². The Morgan fingerprint density at radius 1 is 1.09 bits per heavy atom. The normalized spacial score (nSPS) is 28.3. The Kier molecular flexibility index (Phi) is 7.16. The highest BCUT2D eigenvalue weighted by molar-refractivity contribution is 7.70. The first-order chi connectivity index (χ1) is 15.5. The highest BCUT2D eigenvalue weighted by Gasteiger charge is 2.45. The first-order valence-electron chi connectivity index (χ1n) is 10.4. The van der Waals surface area contributed by atoms with Gasteiger partial charge in [-0.3, -0.25) is 14.1 Å². The summed E-state index contributed by atoms with van der Waals surface area (Å²) in [6.07, 6.45) is 2.23. The molecular weight excluding hydrogens is 478 g/mol. The van der Waals surface area contributed by atoms with Crippen LogP contribution in [-0.2, 0) is 18.4 Å². The highest BCUT2D eigenvalue weighted by atomic mass is 31.2. The summed E-state index contributed by atoms with van der Waals surface area (Å²) in [7, 11) is -9.42. The zero-order valence-corrected chi connectivity index (χ0v) is 19.3. The van der Waals surface area contributed by atoms with Crippen molar-refractivity contribution in [2.45, 2.75) is 56.1 Å². The number of hydrogen-bond acceptors (Lipinski definition) is 10. The Morgan fingerprint density at radius 2 is 1.82 bits per heavy atom. The summed E-state index contributed by atoms with van der Waals surface area (Å²) < 4.78 is 33.2. The molecule has 1 saturated heterocycles. The quantitative estimate of drug-likeness (QED) is 0.277. The topological polar surface area (TPSA) is 204 Å². The Morgan fingerprint density at radius 3 is 2.52 bits per heavy atom. The smallest absolute Gasteiger partial charge is 0.340 e. The fourth-order valence-corrected chi connectivity index (χ4v) is 6.68. The lowest BCUT2D eigenvalue weighted by atomic mass is 10.0. The number of anilines is 1. The minimum atomic E-state index is -4.79. The second-order valence-electron chi connectivity index (χ2n) is 8.30. The first kappa shape index (κ1) is 24.6. The van der Waals surface area contributed by atoms with Gasteiger partial charge in [0, 0.05) is 17.8 Å². The van der Waals surface area contributed by atoms with Gasteiger partial charge in [-0.2, -0.15) is 0 Å². The van der Waals surface area contributed by atoms with Crippen molar-refractivity contribution in [2.75, 3.05) is 17.8 Å². The summed E-state index contributed by atoms with van der Waals surface area (Å²) in [5, 5.41) is 24.1. The summed E-state index contributed by atoms with van der Waals surface area (Å²) in [6.45, 7) is -0.652. The van der Waals surface area contributed by atoms with Crippen molar-refractivity contribution in [1.29, 1.82) is 0 Å². The largest absolute Gasteiger partial charge is 0.387 e. The molecule has 2 fully saturated rings. The second-order valence-corrected chi connectivity index (χ2v) is 12.3. The standard InChI is InChI=1S/C18H26N4O9P2/c23-15-13(7-30-33(28,29)9-32(25,26)27)31-17(16(15)24)10-5-12-14(19-6-10)18(21-8-20-12)22-11-3-1-2-4-11/h5-6,8,11,13,15-17,23-24H,1-4,7,9H2,(H,28,29)(H,20,21,22)(H2,25,26,27)/t13-,15-,16-,17+/m1/s1. The van der Waals surface area contributed by atoms with E-state index in [4.69, 9.17) is 19.0 Å². The van der Waals surface area contributed by atoms with E-state index in [0.717, 1.165) is 25.7 Å². The number of ether oxygens (including phenoxy) is 1. The number of pyridine rings is 1. The van der Waals surface area contributed by atoms with Gasteiger partial charge in [-0.05, 0) is 18.9 Å². The zero-order chi connectivity index (χ0) is 23.8. The summed E-state index contributed by atoms with van der Waals surface area (Å²) >= 11 is 0. The monoisotopic (exact) mass is 504 g/mol. The molecule has 182 valence electrons. The van der Waals surface area contributed by atoms with E-state index in [2.05, 4.69) is 20.3 Å². The maximum absolute atomic E-state index is 11.8. The molecule has 0 bridgehead atoms. The molecule has 1 aliphatic heterocycles. The maximum Gasteiger partial charge on any atom is 0.340 e. The van der Waals surface area contributed by atoms with Gasteiger partial charge in [0.2, 0.25) is 0 Å². The number of hydrogen-bond donors (Lipinski definition) is 6. The summed E-state index contributed by atoms with van der Waals surface area (Å²) in [5.74, 6) is -0.748. The molecule has 0 amide bonds. The first-order valence-corrected chi connectivity index (χ1v) is 14.0. The third-order valence-corrected chi connectivity index (χ3v) is 9.14. The molecule has 1 saturated carbocycles. The molecule has 0 radical (unpaired) electrons. The molecule has 2 aromatic heterocycles. The molecular formula is C18H26N4O9P2. The van der Waals surface area contributed by atoms with Gasteiger partial charge in [-0.15, -0.1) is 0 Å². The second kappa shape index (κ2) is 9.61. The van der Waals surface area contributed by atoms with E-state index in [-0.39, 0.29) is 0 Å². The van der Waals surface area contributed by atoms with Gasteiger partial charge in [0.05, 0.1) is 12.1 Å². The van der Waals surface area contributed by atoms with Crippen LogP contribution < -0.4 is 5.32 Å². The van der Waals surface area contributed by atoms with Crippen LogP contribution in [0.4, 0.5) is 5.82 Å². The maximum atomic E-state index is 11.8. The summed E-state index contributed by atoms with van der Waals surface area (Å²) in [4.78, 5) is 40.3. The lowest BCUT2D eigenvalue weighted by Crippen LogP contribution is -2.33. The Balaban J connectivity index is 1.47. The van der Waals surface area contributed by atoms with E-state index >= 15 is 0 Å². The minimum Gasteiger partial charge on any atom is -0.387 e. The van der Waals surface area contributed by atoms with Crippen molar-refractivity contribution >= 4 is 32.0 Å². The van der Waals surface area contributed by atoms with Crippen molar-refractivity contribution in [2.24, 2.45) is 0 Å². The van der Waals surface area contributed by atoms with Crippen molar-refractivity contribution in [1.82, 2.24) is 15.0 Å². The van der Waals surface area contributed by atoms with Crippen molar-refractivity contribution in [3.8, 4) is 0 Å². The van der Waals surface area contributed by atoms with Crippen LogP contribution in [0.15, 0.2) is 18.6 Å². The number of nitrogens with one attached hydrogen (secondary N) is 1. The molecule has 2 aromatic rings. The van der Waals surface area contributed by atoms with E-state index in [1.807, 2.05) is 0 Å². The van der Waals surface area contributed by atoms with Crippen LogP contribution in [0.1, 0.15) is 37.4 Å². The van der Waals surface area contributed by atoms with Gasteiger partial charge in [-0.1, -0.05) is 12.8 Å². The van der Waals surface area contributed by atoms with Gasteiger partial charge in [0.15, 0.2) is 11.7 Å². The summed E-state index contributed by atoms with van der Waals surface area (Å²) in [5.41, 5.74) is 1.48. The molecule has 0 aromatic carbocycles. The Labute approximate surface area is 188 Å². The molecule has 1 aliphatic carbocycles. The average Bonchev–Trinajstić information content (AvgIpc) is 3.33. The Bertz CT molecular complexity index is 1090. The molecule has 6 N–H and O–H groups in total. The lowest BCUT2D eigenvalue weighted by molar-refractivity contribution is -0.0186. The van der Waals surface area contributed by atoms with Crippen LogP contribution >= 0.6 is 15.2 Å². The number of rotatable bonds is 8. The highest BCUT2D eigenvalue weighted by Crippen LogP contribution is 2.55. The number of aliphatic hydroxyl groups is 2. The molecule has 3 heterocycles. The van der Waals surface area contributed by atoms with Crippen LogP contribution in [0, 0.1) is 0 Å². The fraction of sp³-hybridized carbons (Fsp3) is 0.611. The zero-order valence-electron chi connectivity index (χ0n) is 17.5. The number of nitrogens with zero attached hydrogens (tertiary/aromatic N) is 3. The van der Waals surface area contributed by atoms with Crippen molar-refractivity contribution in [3.63, 3.8) is 0 Å². The molecule has 33 heavy (non-hydrogen) atoms. The molecule has 15 heteroatoms. The average molecular weight is 504 g/mol. The van der Waals surface area contributed by atoms with E-state index in [1.165, 1.54) is 12.5 Å². The third-order valence-electron chi connectivity index (χ3n) is 5.69. The van der Waals surface area contributed by atoms with Gasteiger partial charge in [0.25, 0.3) is 0 Å². The molecule has 2 aliphatic rings. The molecule has 1 unspecified atom stereocenters. The molecule has 4 rings (SSSR count). The van der Waals surface area contributed by atoms with Crippen LogP contribution in [0.3, 0.4) is 0 Å². The third kappa shape index (κ3) is 5.94. The molecule has 0 spiro atoms. The van der Waals surface area contributed by atoms with Crippen LogP contribution in [0.25, 0.3) is 11.0 Å². The minimum absolute atomic E-state index is 0.327. The predicted octanol–water partition coefficient (Wildman–Crippen LogP) is 0.878. The predicted molar refractivity (Wildman–Crippen MR) is 116 cm³/mol. The van der Waals surface area contributed by atoms with E-state index in [9.17, 15) is 24.2 Å². The SMILES string of the molecule is O=P(O)(O)CP(=O)(O)OC[C@H]1O[C@@H](c2cnc3c(NC4CCCC4)ncnc3c2)[C@H](O)[C@@H]1O. The molecule has 13 nitrogen and oxygen atoms in total. The fourth-order valence-electron chi connectivity index (χ4n) is 4.11. The van der Waals surface area contributed by atoms with Gasteiger partial charge >= 0.3 is 15.2 Å². The molecule has 5 atom stereocenters. The Hall–Kier alpha value is -1.53. The van der Waals surface area contributed by atoms with Crippen LogP contribution in [-0.4, -0.2) is 76.7 Å². The van der Waals surface area contributed by atoms with Crippen molar-refractivity contribution in [3.05, 3.63) is 24.2 Å². The number of aliphatic hydroxyl groups excluding tert-OH is 2. The van der Waals surface area contributed by atoms with Crippen LogP contribution in [0.5, 0.6) is 0 Å². The number of aromatic nitrogens is 3. The van der Waals surface area contributed by atoms with Crippen LogP contribution in [0.2, 0.25) is 0 Å². The van der Waals surface area contributed by atoms with E-state index < -0.39 is 52.1 Å². The van der Waals surface area contributed by atoms with E-state index in [0.29, 0.717) is 28.5 Å². The van der Waals surface area contributed by atoms with Gasteiger partial charge < -0.3 is 39.5 Å².